The van der Waals surface area contributed by atoms with Gasteiger partial charge in [-0.1, -0.05) is 0 Å². The largest absolute Gasteiger partial charge is 0.463 e. The first-order valence-electron chi connectivity index (χ1n) is 13.3. The molecular weight excluding hydrogens is 600 g/mol. The highest BCUT2D eigenvalue weighted by Crippen LogP contribution is 2.34. The van der Waals surface area contributed by atoms with E-state index in [1.54, 1.807) is 0 Å². The van der Waals surface area contributed by atoms with Crippen LogP contribution in [0.2, 0.25) is 0 Å². The molecule has 2 heterocycles. The van der Waals surface area contributed by atoms with Crippen LogP contribution in [0.5, 0.6) is 0 Å². The van der Waals surface area contributed by atoms with E-state index in [0.29, 0.717) is 0 Å². The lowest BCUT2D eigenvalue weighted by atomic mass is 9.96. The smallest absolute Gasteiger partial charge is 0.305 e. The molecule has 2 fully saturated rings. The van der Waals surface area contributed by atoms with Crippen LogP contribution < -0.4 is 0 Å². The van der Waals surface area contributed by atoms with E-state index in [1.807, 2.05) is 0 Å². The first-order chi connectivity index (χ1) is 20.5. The SMILES string of the molecule is CC(=O)OCC1O[C@@H](O[C@@H]2C(OC(C)=O)[C@@H](OC(C)=O)OC(COC(C)=O)[C@H]2OC(C)=O)C(OC(C)=O)[C@@H](O)[C@@H]1OC(C)=O. The van der Waals surface area contributed by atoms with Crippen molar-refractivity contribution in [3.63, 3.8) is 0 Å². The molecule has 1 N–H and O–H groups in total. The molecule has 248 valence electrons. The van der Waals surface area contributed by atoms with Crippen LogP contribution in [0.15, 0.2) is 0 Å². The fourth-order valence-electron chi connectivity index (χ4n) is 4.42. The highest BCUT2D eigenvalue weighted by Gasteiger charge is 2.57. The lowest BCUT2D eigenvalue weighted by molar-refractivity contribution is -0.358. The Bertz CT molecular complexity index is 1090. The fraction of sp³-hybridized carbons (Fsp3) is 0.731. The third-order valence-electron chi connectivity index (χ3n) is 5.89. The summed E-state index contributed by atoms with van der Waals surface area (Å²) in [6.45, 7) is 6.13. The zero-order valence-corrected chi connectivity index (χ0v) is 25.1. The molecule has 0 spiro atoms. The van der Waals surface area contributed by atoms with Gasteiger partial charge in [-0.05, 0) is 0 Å². The molecule has 0 aromatic rings. The van der Waals surface area contributed by atoms with Gasteiger partial charge in [0, 0.05) is 48.5 Å². The van der Waals surface area contributed by atoms with Gasteiger partial charge in [0.1, 0.15) is 37.6 Å². The van der Waals surface area contributed by atoms with Gasteiger partial charge in [-0.3, -0.25) is 33.6 Å². The van der Waals surface area contributed by atoms with Gasteiger partial charge in [0.25, 0.3) is 0 Å². The fourth-order valence-corrected chi connectivity index (χ4v) is 4.42. The molecule has 2 aliphatic rings. The van der Waals surface area contributed by atoms with E-state index < -0.39 is 116 Å². The van der Waals surface area contributed by atoms with Gasteiger partial charge >= 0.3 is 41.8 Å². The molecule has 0 saturated carbocycles. The van der Waals surface area contributed by atoms with E-state index in [0.717, 1.165) is 48.5 Å². The lowest BCUT2D eigenvalue weighted by Crippen LogP contribution is -2.67. The zero-order chi connectivity index (χ0) is 33.3. The normalized spacial score (nSPS) is 31.5. The minimum Gasteiger partial charge on any atom is -0.463 e. The number of carbonyl (C=O) groups is 7. The first kappa shape index (κ1) is 36.3. The number of hydrogen-bond donors (Lipinski definition) is 1. The third kappa shape index (κ3) is 10.7. The van der Waals surface area contributed by atoms with E-state index in [2.05, 4.69) is 0 Å². The molecule has 0 aromatic heterocycles. The third-order valence-corrected chi connectivity index (χ3v) is 5.89. The van der Waals surface area contributed by atoms with E-state index in [9.17, 15) is 38.7 Å². The number of ether oxygens (including phenoxy) is 10. The van der Waals surface area contributed by atoms with E-state index >= 15 is 0 Å². The van der Waals surface area contributed by atoms with E-state index in [-0.39, 0.29) is 0 Å². The molecule has 2 saturated heterocycles. The van der Waals surface area contributed by atoms with Crippen molar-refractivity contribution in [3.05, 3.63) is 0 Å². The molecule has 10 atom stereocenters. The van der Waals surface area contributed by atoms with Crippen LogP contribution in [-0.4, -0.2) is 122 Å². The van der Waals surface area contributed by atoms with E-state index in [4.69, 9.17) is 47.4 Å². The van der Waals surface area contributed by atoms with Crippen LogP contribution in [-0.2, 0) is 80.9 Å². The summed E-state index contributed by atoms with van der Waals surface area (Å²) in [5, 5.41) is 11.2. The van der Waals surface area contributed by atoms with Crippen molar-refractivity contribution >= 4 is 41.8 Å². The molecule has 18 heteroatoms. The average Bonchev–Trinajstić information content (AvgIpc) is 2.87. The predicted octanol–water partition coefficient (Wildman–Crippen LogP) is -1.40. The number of aliphatic hydroxyl groups is 1. The van der Waals surface area contributed by atoms with Crippen molar-refractivity contribution in [1.29, 1.82) is 0 Å². The summed E-state index contributed by atoms with van der Waals surface area (Å²) >= 11 is 0. The van der Waals surface area contributed by atoms with Gasteiger partial charge in [-0.25, -0.2) is 0 Å². The second-order valence-corrected chi connectivity index (χ2v) is 9.69. The van der Waals surface area contributed by atoms with E-state index in [1.165, 1.54) is 0 Å². The van der Waals surface area contributed by atoms with Gasteiger partial charge in [0.15, 0.2) is 30.7 Å². The molecule has 2 aliphatic heterocycles. The second-order valence-electron chi connectivity index (χ2n) is 9.69. The Kier molecular flexibility index (Phi) is 13.4. The van der Waals surface area contributed by atoms with Crippen molar-refractivity contribution in [1.82, 2.24) is 0 Å². The van der Waals surface area contributed by atoms with Crippen LogP contribution in [0.25, 0.3) is 0 Å². The zero-order valence-electron chi connectivity index (χ0n) is 25.1. The van der Waals surface area contributed by atoms with Crippen molar-refractivity contribution < 1.29 is 86.0 Å². The Morgan fingerprint density at radius 2 is 0.864 bits per heavy atom. The number of hydrogen-bond acceptors (Lipinski definition) is 18. The molecule has 0 amide bonds. The molecule has 0 aromatic carbocycles. The van der Waals surface area contributed by atoms with Crippen LogP contribution in [0.1, 0.15) is 48.5 Å². The lowest BCUT2D eigenvalue weighted by Gasteiger charge is -2.48. The summed E-state index contributed by atoms with van der Waals surface area (Å²) in [6, 6.07) is 0. The van der Waals surface area contributed by atoms with Crippen LogP contribution in [0.4, 0.5) is 0 Å². The number of aliphatic hydroxyl groups excluding tert-OH is 1. The molecule has 0 radical (unpaired) electrons. The summed E-state index contributed by atoms with van der Waals surface area (Å²) in [4.78, 5) is 83.2. The topological polar surface area (TPSA) is 232 Å². The summed E-state index contributed by atoms with van der Waals surface area (Å²) in [7, 11) is 0. The molecule has 18 nitrogen and oxygen atoms in total. The highest BCUT2D eigenvalue weighted by molar-refractivity contribution is 5.69. The summed E-state index contributed by atoms with van der Waals surface area (Å²) in [5.74, 6) is -6.01. The molecule has 2 rings (SSSR count). The number of esters is 7. The summed E-state index contributed by atoms with van der Waals surface area (Å²) in [6.07, 6.45) is -16.4. The van der Waals surface area contributed by atoms with Crippen molar-refractivity contribution in [3.8, 4) is 0 Å². The maximum atomic E-state index is 12.2. The second kappa shape index (κ2) is 16.3. The number of rotatable bonds is 11. The van der Waals surface area contributed by atoms with Gasteiger partial charge in [0.05, 0.1) is 0 Å². The maximum absolute atomic E-state index is 12.2. The molecule has 44 heavy (non-hydrogen) atoms. The quantitative estimate of drug-likeness (QED) is 0.203. The minimum atomic E-state index is -1.84. The van der Waals surface area contributed by atoms with Gasteiger partial charge in [-0.2, -0.15) is 0 Å². The Labute approximate surface area is 251 Å². The summed E-state index contributed by atoms with van der Waals surface area (Å²) < 4.78 is 54.0. The molecule has 4 unspecified atom stereocenters. The average molecular weight is 637 g/mol. The van der Waals surface area contributed by atoms with Gasteiger partial charge < -0.3 is 52.5 Å². The Morgan fingerprint density at radius 1 is 0.477 bits per heavy atom. The predicted molar refractivity (Wildman–Crippen MR) is 135 cm³/mol. The highest BCUT2D eigenvalue weighted by atomic mass is 16.8. The van der Waals surface area contributed by atoms with Crippen LogP contribution >= 0.6 is 0 Å². The van der Waals surface area contributed by atoms with Crippen molar-refractivity contribution in [2.45, 2.75) is 110 Å². The minimum absolute atomic E-state index is 0.567. The Hall–Kier alpha value is -3.87. The maximum Gasteiger partial charge on any atom is 0.305 e. The van der Waals surface area contributed by atoms with Crippen LogP contribution in [0, 0.1) is 0 Å². The standard InChI is InChI=1S/C26H36O18/c1-10(27)35-8-17-20(37-12(3)29)19(34)22(39-14(5)31)25(42-17)44-23-21(38-13(4)30)18(9-36-11(2)28)43-26(41-16(7)33)24(23)40-15(6)32/h17-26,34H,8-9H2,1-7H3/t17?,18?,19-,20+,21+,22?,23-,24?,25-,26-/m0/s1. The molecule has 0 bridgehead atoms. The molecular formula is C26H36O18. The molecule has 0 aliphatic carbocycles. The van der Waals surface area contributed by atoms with Crippen LogP contribution in [0.3, 0.4) is 0 Å². The van der Waals surface area contributed by atoms with Crippen molar-refractivity contribution in [2.24, 2.45) is 0 Å². The number of carbonyl (C=O) groups excluding carboxylic acids is 7. The first-order valence-corrected chi connectivity index (χ1v) is 13.3. The van der Waals surface area contributed by atoms with Gasteiger partial charge in [-0.15, -0.1) is 0 Å². The Balaban J connectivity index is 2.64. The summed E-state index contributed by atoms with van der Waals surface area (Å²) in [5.41, 5.74) is 0. The van der Waals surface area contributed by atoms with Crippen molar-refractivity contribution in [2.75, 3.05) is 13.2 Å². The Morgan fingerprint density at radius 3 is 1.32 bits per heavy atom. The van der Waals surface area contributed by atoms with Gasteiger partial charge in [0.2, 0.25) is 6.29 Å². The monoisotopic (exact) mass is 636 g/mol.